The highest BCUT2D eigenvalue weighted by Gasteiger charge is 2.04. The number of aromatic nitrogens is 4. The van der Waals surface area contributed by atoms with Crippen LogP contribution in [0, 0.1) is 13.8 Å². The lowest BCUT2D eigenvalue weighted by molar-refractivity contribution is -0.111. The van der Waals surface area contributed by atoms with Crippen LogP contribution < -0.4 is 5.32 Å². The number of para-hydroxylation sites is 2. The number of rotatable bonds is 5. The van der Waals surface area contributed by atoms with Crippen LogP contribution in [0.25, 0.3) is 17.1 Å². The third kappa shape index (κ3) is 5.07. The molecule has 1 amide bonds. The molecular weight excluding hydrogens is 394 g/mol. The number of hydrogen-bond acceptors (Lipinski definition) is 6. The van der Waals surface area contributed by atoms with Crippen molar-refractivity contribution in [2.45, 2.75) is 23.9 Å². The molecule has 4 aromatic rings. The molecule has 0 aliphatic rings. The van der Waals surface area contributed by atoms with Crippen molar-refractivity contribution >= 4 is 40.5 Å². The van der Waals surface area contributed by atoms with E-state index in [1.165, 1.54) is 17.8 Å². The van der Waals surface area contributed by atoms with Gasteiger partial charge in [0.15, 0.2) is 5.16 Å². The van der Waals surface area contributed by atoms with Crippen LogP contribution in [0.15, 0.2) is 76.9 Å². The van der Waals surface area contributed by atoms with Crippen LogP contribution in [0.4, 0.5) is 5.69 Å². The van der Waals surface area contributed by atoms with Crippen LogP contribution >= 0.6 is 11.8 Å². The summed E-state index contributed by atoms with van der Waals surface area (Å²) in [5.74, 6) is -0.233. The van der Waals surface area contributed by atoms with Crippen LogP contribution in [-0.2, 0) is 4.79 Å². The molecule has 0 atom stereocenters. The highest BCUT2D eigenvalue weighted by Crippen LogP contribution is 2.26. The molecule has 2 heterocycles. The van der Waals surface area contributed by atoms with Crippen LogP contribution in [-0.4, -0.2) is 25.8 Å². The van der Waals surface area contributed by atoms with Gasteiger partial charge in [-0.2, -0.15) is 0 Å². The smallest absolute Gasteiger partial charge is 0.248 e. The van der Waals surface area contributed by atoms with Crippen LogP contribution in [0.3, 0.4) is 0 Å². The zero-order valence-electron chi connectivity index (χ0n) is 16.5. The van der Waals surface area contributed by atoms with Gasteiger partial charge in [-0.05, 0) is 74.1 Å². The number of hydrogen-bond donors (Lipinski definition) is 1. The predicted molar refractivity (Wildman–Crippen MR) is 119 cm³/mol. The first-order valence-corrected chi connectivity index (χ1v) is 10.2. The normalized spacial score (nSPS) is 11.1. The highest BCUT2D eigenvalue weighted by molar-refractivity contribution is 7.99. The van der Waals surface area contributed by atoms with E-state index >= 15 is 0 Å². The Morgan fingerprint density at radius 3 is 2.37 bits per heavy atom. The summed E-state index contributed by atoms with van der Waals surface area (Å²) in [5.41, 5.74) is 4.83. The van der Waals surface area contributed by atoms with E-state index in [0.29, 0.717) is 16.5 Å². The lowest BCUT2D eigenvalue weighted by Gasteiger charge is -2.05. The Kier molecular flexibility index (Phi) is 5.81. The Bertz CT molecular complexity index is 1220. The van der Waals surface area contributed by atoms with Gasteiger partial charge in [0.1, 0.15) is 0 Å². The standard InChI is InChI=1S/C23H19N5OS/c1-15-13-16(2)26-23(25-15)30-19-10-7-17(8-11-19)28-22(29)12-9-18-14-24-20-5-3-4-6-21(20)27-18/h3-14H,1-2H3,(H,28,29)/b12-9+. The van der Waals surface area contributed by atoms with E-state index in [-0.39, 0.29) is 5.91 Å². The summed E-state index contributed by atoms with van der Waals surface area (Å²) in [4.78, 5) is 30.9. The molecule has 2 aromatic heterocycles. The van der Waals surface area contributed by atoms with Gasteiger partial charge in [-0.25, -0.2) is 15.0 Å². The molecule has 0 saturated carbocycles. The molecule has 30 heavy (non-hydrogen) atoms. The second kappa shape index (κ2) is 8.84. The predicted octanol–water partition coefficient (Wildman–Crippen LogP) is 4.84. The number of nitrogens with zero attached hydrogens (tertiary/aromatic N) is 4. The van der Waals surface area contributed by atoms with Crippen LogP contribution in [0.1, 0.15) is 17.1 Å². The quantitative estimate of drug-likeness (QED) is 0.372. The molecule has 0 bridgehead atoms. The largest absolute Gasteiger partial charge is 0.323 e. The van der Waals surface area contributed by atoms with Crippen molar-refractivity contribution in [2.24, 2.45) is 0 Å². The molecule has 1 N–H and O–H groups in total. The fraction of sp³-hybridized carbons (Fsp3) is 0.0870. The van der Waals surface area contributed by atoms with Gasteiger partial charge < -0.3 is 5.32 Å². The van der Waals surface area contributed by atoms with Crippen molar-refractivity contribution < 1.29 is 4.79 Å². The maximum Gasteiger partial charge on any atom is 0.248 e. The molecule has 0 saturated heterocycles. The van der Waals surface area contributed by atoms with Crippen LogP contribution in [0.2, 0.25) is 0 Å². The number of anilines is 1. The van der Waals surface area contributed by atoms with Gasteiger partial charge in [0, 0.05) is 28.0 Å². The van der Waals surface area contributed by atoms with Crippen molar-refractivity contribution in [1.82, 2.24) is 19.9 Å². The molecule has 0 aliphatic heterocycles. The average molecular weight is 414 g/mol. The summed E-state index contributed by atoms with van der Waals surface area (Å²) in [6, 6.07) is 17.1. The van der Waals surface area contributed by atoms with Crippen molar-refractivity contribution in [3.05, 3.63) is 84.0 Å². The van der Waals surface area contributed by atoms with E-state index in [4.69, 9.17) is 0 Å². The number of benzene rings is 2. The van der Waals surface area contributed by atoms with Crippen molar-refractivity contribution in [3.8, 4) is 0 Å². The monoisotopic (exact) mass is 413 g/mol. The maximum absolute atomic E-state index is 12.2. The second-order valence-corrected chi connectivity index (χ2v) is 7.71. The molecular formula is C23H19N5OS. The Balaban J connectivity index is 1.38. The second-order valence-electron chi connectivity index (χ2n) is 6.67. The van der Waals surface area contributed by atoms with Crippen molar-refractivity contribution in [2.75, 3.05) is 5.32 Å². The molecule has 0 fully saturated rings. The minimum absolute atomic E-state index is 0.233. The topological polar surface area (TPSA) is 80.7 Å². The van der Waals surface area contributed by atoms with Gasteiger partial charge >= 0.3 is 0 Å². The highest BCUT2D eigenvalue weighted by atomic mass is 32.2. The van der Waals surface area contributed by atoms with Crippen molar-refractivity contribution in [3.63, 3.8) is 0 Å². The molecule has 0 unspecified atom stereocenters. The van der Waals surface area contributed by atoms with Gasteiger partial charge in [-0.15, -0.1) is 0 Å². The fourth-order valence-corrected chi connectivity index (χ4v) is 3.71. The summed E-state index contributed by atoms with van der Waals surface area (Å²) in [6.07, 6.45) is 4.74. The maximum atomic E-state index is 12.2. The van der Waals surface area contributed by atoms with E-state index in [0.717, 1.165) is 27.3 Å². The van der Waals surface area contributed by atoms with Gasteiger partial charge in [-0.3, -0.25) is 9.78 Å². The van der Waals surface area contributed by atoms with Gasteiger partial charge in [-0.1, -0.05) is 12.1 Å². The van der Waals surface area contributed by atoms with E-state index in [1.807, 2.05) is 68.4 Å². The molecule has 0 spiro atoms. The number of fused-ring (bicyclic) bond motifs is 1. The van der Waals surface area contributed by atoms with E-state index < -0.39 is 0 Å². The fourth-order valence-electron chi connectivity index (χ4n) is 2.85. The van der Waals surface area contributed by atoms with Gasteiger partial charge in [0.05, 0.1) is 22.9 Å². The van der Waals surface area contributed by atoms with E-state index in [1.54, 1.807) is 12.3 Å². The minimum Gasteiger partial charge on any atom is -0.323 e. The summed E-state index contributed by atoms with van der Waals surface area (Å²) >= 11 is 1.49. The molecule has 0 radical (unpaired) electrons. The number of carbonyl (C=O) groups is 1. The lowest BCUT2D eigenvalue weighted by atomic mass is 10.3. The third-order valence-corrected chi connectivity index (χ3v) is 5.04. The summed E-state index contributed by atoms with van der Waals surface area (Å²) < 4.78 is 0. The number of amides is 1. The molecule has 148 valence electrons. The number of carbonyl (C=O) groups excluding carboxylic acids is 1. The Hall–Kier alpha value is -3.58. The first-order chi connectivity index (χ1) is 14.5. The summed E-state index contributed by atoms with van der Waals surface area (Å²) in [7, 11) is 0. The Morgan fingerprint density at radius 1 is 0.933 bits per heavy atom. The minimum atomic E-state index is -0.233. The van der Waals surface area contributed by atoms with E-state index in [9.17, 15) is 4.79 Å². The molecule has 6 nitrogen and oxygen atoms in total. The molecule has 7 heteroatoms. The van der Waals surface area contributed by atoms with Gasteiger partial charge in [0.25, 0.3) is 0 Å². The summed E-state index contributed by atoms with van der Waals surface area (Å²) in [5, 5.41) is 3.56. The number of nitrogens with one attached hydrogen (secondary N) is 1. The molecule has 4 rings (SSSR count). The number of aryl methyl sites for hydroxylation is 2. The average Bonchev–Trinajstić information content (AvgIpc) is 2.73. The van der Waals surface area contributed by atoms with Gasteiger partial charge in [0.2, 0.25) is 5.91 Å². The Labute approximate surface area is 178 Å². The Morgan fingerprint density at radius 2 is 1.63 bits per heavy atom. The van der Waals surface area contributed by atoms with E-state index in [2.05, 4.69) is 25.3 Å². The first-order valence-electron chi connectivity index (χ1n) is 9.36. The third-order valence-electron chi connectivity index (χ3n) is 4.17. The zero-order valence-corrected chi connectivity index (χ0v) is 17.4. The van der Waals surface area contributed by atoms with Crippen molar-refractivity contribution in [1.29, 1.82) is 0 Å². The van der Waals surface area contributed by atoms with Crippen LogP contribution in [0.5, 0.6) is 0 Å². The zero-order chi connectivity index (χ0) is 20.9. The molecule has 0 aliphatic carbocycles. The summed E-state index contributed by atoms with van der Waals surface area (Å²) in [6.45, 7) is 3.91. The SMILES string of the molecule is Cc1cc(C)nc(Sc2ccc(NC(=O)/C=C/c3cnc4ccccc4n3)cc2)n1. The molecule has 2 aromatic carbocycles. The lowest BCUT2D eigenvalue weighted by Crippen LogP contribution is -2.07. The first kappa shape index (κ1) is 19.7.